The quantitative estimate of drug-likeness (QED) is 0.401. The van der Waals surface area contributed by atoms with E-state index < -0.39 is 5.91 Å². The second kappa shape index (κ2) is 11.5. The highest BCUT2D eigenvalue weighted by atomic mass is 16.5. The summed E-state index contributed by atoms with van der Waals surface area (Å²) in [6.07, 6.45) is 4.24. The number of aryl methyl sites for hydroxylation is 1. The lowest BCUT2D eigenvalue weighted by atomic mass is 10.1. The molecule has 31 heavy (non-hydrogen) atoms. The minimum atomic E-state index is -0.628. The molecular weight excluding hydrogens is 396 g/mol. The number of carbonyl (C=O) groups is 1. The zero-order chi connectivity index (χ0) is 22.1. The van der Waals surface area contributed by atoms with Gasteiger partial charge in [-0.05, 0) is 50.8 Å². The van der Waals surface area contributed by atoms with Crippen molar-refractivity contribution >= 4 is 23.2 Å². The van der Waals surface area contributed by atoms with Crippen molar-refractivity contribution in [2.45, 2.75) is 45.1 Å². The minimum absolute atomic E-state index is 0.114. The normalized spacial score (nSPS) is 14.3. The molecule has 3 rings (SSSR count). The molecule has 0 saturated carbocycles. The first-order valence-electron chi connectivity index (χ1n) is 10.9. The molecule has 1 fully saturated rings. The van der Waals surface area contributed by atoms with Crippen molar-refractivity contribution in [1.29, 1.82) is 0 Å². The van der Waals surface area contributed by atoms with Crippen LogP contribution in [0.3, 0.4) is 0 Å². The number of hydrogen-bond acceptors (Lipinski definition) is 8. The number of unbranched alkanes of at least 4 members (excludes halogenated alkanes) is 1. The summed E-state index contributed by atoms with van der Waals surface area (Å²) in [4.78, 5) is 21.3. The van der Waals surface area contributed by atoms with E-state index in [1.807, 2.05) is 31.2 Å². The van der Waals surface area contributed by atoms with Gasteiger partial charge in [-0.2, -0.15) is 0 Å². The number of ether oxygens (including phenoxy) is 2. The highest BCUT2D eigenvalue weighted by Crippen LogP contribution is 2.26. The van der Waals surface area contributed by atoms with Gasteiger partial charge in [0.2, 0.25) is 0 Å². The molecule has 0 spiro atoms. The number of primary amides is 1. The molecule has 1 aliphatic heterocycles. The van der Waals surface area contributed by atoms with Crippen LogP contribution in [0.2, 0.25) is 0 Å². The number of nitrogens with zero attached hydrogens (tertiary/aromatic N) is 2. The van der Waals surface area contributed by atoms with Gasteiger partial charge in [-0.1, -0.05) is 13.0 Å². The lowest BCUT2D eigenvalue weighted by Gasteiger charge is -2.25. The Morgan fingerprint density at radius 1 is 1.23 bits per heavy atom. The van der Waals surface area contributed by atoms with Crippen LogP contribution in [0.5, 0.6) is 5.75 Å². The number of aromatic nitrogens is 2. The Kier molecular flexibility index (Phi) is 8.43. The van der Waals surface area contributed by atoms with Crippen molar-refractivity contribution in [1.82, 2.24) is 9.97 Å². The Morgan fingerprint density at radius 3 is 2.74 bits per heavy atom. The van der Waals surface area contributed by atoms with Crippen molar-refractivity contribution in [2.75, 3.05) is 37.0 Å². The molecule has 1 aliphatic rings. The molecule has 0 unspecified atom stereocenters. The third-order valence-electron chi connectivity index (χ3n) is 5.06. The summed E-state index contributed by atoms with van der Waals surface area (Å²) in [6, 6.07) is 7.74. The molecule has 0 radical (unpaired) electrons. The second-order valence-corrected chi connectivity index (χ2v) is 7.46. The van der Waals surface area contributed by atoms with Gasteiger partial charge in [-0.15, -0.1) is 0 Å². The lowest BCUT2D eigenvalue weighted by Crippen LogP contribution is -2.29. The number of carbonyl (C=O) groups excluding carboxylic acids is 1. The fraction of sp³-hybridized carbons (Fsp3) is 0.500. The molecule has 9 heteroatoms. The SMILES string of the molecule is CCc1nc(C(N)=O)c(Nc2cccc(OCCCCN)c2)nc1NC1CCOCC1. The van der Waals surface area contributed by atoms with Crippen LogP contribution in [-0.2, 0) is 11.2 Å². The maximum Gasteiger partial charge on any atom is 0.271 e. The number of rotatable bonds is 11. The van der Waals surface area contributed by atoms with Crippen LogP contribution in [-0.4, -0.2) is 48.3 Å². The van der Waals surface area contributed by atoms with Crippen LogP contribution < -0.4 is 26.8 Å². The van der Waals surface area contributed by atoms with E-state index in [9.17, 15) is 4.79 Å². The third-order valence-corrected chi connectivity index (χ3v) is 5.06. The van der Waals surface area contributed by atoms with Crippen molar-refractivity contribution in [3.8, 4) is 5.75 Å². The molecule has 168 valence electrons. The molecule has 6 N–H and O–H groups in total. The van der Waals surface area contributed by atoms with Crippen molar-refractivity contribution in [2.24, 2.45) is 11.5 Å². The molecule has 0 aliphatic carbocycles. The summed E-state index contributed by atoms with van der Waals surface area (Å²) in [5, 5.41) is 6.65. The summed E-state index contributed by atoms with van der Waals surface area (Å²) in [7, 11) is 0. The Morgan fingerprint density at radius 2 is 2.03 bits per heavy atom. The van der Waals surface area contributed by atoms with E-state index in [2.05, 4.69) is 20.6 Å². The van der Waals surface area contributed by atoms with Gasteiger partial charge < -0.3 is 31.6 Å². The number of nitrogens with two attached hydrogens (primary N) is 2. The Hall–Kier alpha value is -2.91. The molecule has 0 atom stereocenters. The van der Waals surface area contributed by atoms with E-state index in [0.29, 0.717) is 36.9 Å². The van der Waals surface area contributed by atoms with E-state index >= 15 is 0 Å². The molecule has 9 nitrogen and oxygen atoms in total. The van der Waals surface area contributed by atoms with Crippen LogP contribution in [0.1, 0.15) is 48.8 Å². The van der Waals surface area contributed by atoms with Crippen molar-refractivity contribution in [3.63, 3.8) is 0 Å². The minimum Gasteiger partial charge on any atom is -0.494 e. The molecule has 2 heterocycles. The first kappa shape index (κ1) is 22.8. The van der Waals surface area contributed by atoms with Gasteiger partial charge >= 0.3 is 0 Å². The highest BCUT2D eigenvalue weighted by molar-refractivity contribution is 5.96. The van der Waals surface area contributed by atoms with E-state index in [-0.39, 0.29) is 11.7 Å². The van der Waals surface area contributed by atoms with Gasteiger partial charge in [0.05, 0.1) is 12.3 Å². The zero-order valence-electron chi connectivity index (χ0n) is 18.0. The Labute approximate surface area is 182 Å². The highest BCUT2D eigenvalue weighted by Gasteiger charge is 2.20. The first-order valence-corrected chi connectivity index (χ1v) is 10.9. The number of benzene rings is 1. The summed E-state index contributed by atoms with van der Waals surface area (Å²) in [5.41, 5.74) is 12.7. The zero-order valence-corrected chi connectivity index (χ0v) is 18.0. The standard InChI is InChI=1S/C22H32N6O3/c1-2-18-21(25-15-8-12-30-13-9-15)28-22(19(27-18)20(24)29)26-16-6-5-7-17(14-16)31-11-4-3-10-23/h5-7,14-15H,2-4,8-13,23H2,1H3,(H2,24,29)(H2,25,26,28). The average Bonchev–Trinajstić information content (AvgIpc) is 2.78. The molecule has 1 amide bonds. The number of nitrogens with one attached hydrogen (secondary N) is 2. The largest absolute Gasteiger partial charge is 0.494 e. The summed E-state index contributed by atoms with van der Waals surface area (Å²) in [6.45, 7) is 4.65. The monoisotopic (exact) mass is 428 g/mol. The smallest absolute Gasteiger partial charge is 0.271 e. The number of hydrogen-bond donors (Lipinski definition) is 4. The van der Waals surface area contributed by atoms with Gasteiger partial charge in [0.25, 0.3) is 5.91 Å². The topological polar surface area (TPSA) is 137 Å². The van der Waals surface area contributed by atoms with Crippen LogP contribution in [0.25, 0.3) is 0 Å². The third kappa shape index (κ3) is 6.53. The van der Waals surface area contributed by atoms with Gasteiger partial charge in [0.15, 0.2) is 17.3 Å². The van der Waals surface area contributed by atoms with Crippen molar-refractivity contribution in [3.05, 3.63) is 35.7 Å². The van der Waals surface area contributed by atoms with Crippen LogP contribution in [0.15, 0.2) is 24.3 Å². The van der Waals surface area contributed by atoms with E-state index in [1.165, 1.54) is 0 Å². The fourth-order valence-corrected chi connectivity index (χ4v) is 3.36. The van der Waals surface area contributed by atoms with Crippen LogP contribution in [0.4, 0.5) is 17.3 Å². The predicted octanol–water partition coefficient (Wildman–Crippen LogP) is 2.59. The number of anilines is 3. The fourth-order valence-electron chi connectivity index (χ4n) is 3.36. The maximum absolute atomic E-state index is 12.1. The number of amides is 1. The lowest BCUT2D eigenvalue weighted by molar-refractivity contribution is 0.0903. The summed E-state index contributed by atoms with van der Waals surface area (Å²) < 4.78 is 11.2. The summed E-state index contributed by atoms with van der Waals surface area (Å²) >= 11 is 0. The molecule has 1 saturated heterocycles. The second-order valence-electron chi connectivity index (χ2n) is 7.46. The molecule has 0 bridgehead atoms. The predicted molar refractivity (Wildman–Crippen MR) is 121 cm³/mol. The van der Waals surface area contributed by atoms with E-state index in [0.717, 1.165) is 50.3 Å². The summed E-state index contributed by atoms with van der Waals surface area (Å²) in [5.74, 6) is 1.08. The van der Waals surface area contributed by atoms with Gasteiger partial charge in [0, 0.05) is 31.0 Å². The van der Waals surface area contributed by atoms with Gasteiger partial charge in [-0.3, -0.25) is 4.79 Å². The van der Waals surface area contributed by atoms with E-state index in [1.54, 1.807) is 0 Å². The van der Waals surface area contributed by atoms with Gasteiger partial charge in [-0.25, -0.2) is 9.97 Å². The Bertz CT molecular complexity index is 870. The Balaban J connectivity index is 1.81. The van der Waals surface area contributed by atoms with Crippen LogP contribution >= 0.6 is 0 Å². The van der Waals surface area contributed by atoms with Crippen molar-refractivity contribution < 1.29 is 14.3 Å². The molecule has 1 aromatic heterocycles. The first-order chi connectivity index (χ1) is 15.1. The molecular formula is C22H32N6O3. The average molecular weight is 429 g/mol. The maximum atomic E-state index is 12.1. The van der Waals surface area contributed by atoms with Crippen LogP contribution in [0, 0.1) is 0 Å². The molecule has 1 aromatic carbocycles. The molecule has 2 aromatic rings. The van der Waals surface area contributed by atoms with Gasteiger partial charge in [0.1, 0.15) is 5.75 Å². The van der Waals surface area contributed by atoms with E-state index in [4.69, 9.17) is 20.9 Å².